The first-order valence-corrected chi connectivity index (χ1v) is 7.96. The third kappa shape index (κ3) is 3.57. The number of nitrogens with two attached hydrogens (primary N) is 1. The number of hydrogen-bond donors (Lipinski definition) is 1. The maximum atomic E-state index is 12.4. The van der Waals surface area contributed by atoms with E-state index < -0.39 is 0 Å². The van der Waals surface area contributed by atoms with Gasteiger partial charge in [-0.25, -0.2) is 4.79 Å². The number of rotatable bonds is 4. The van der Waals surface area contributed by atoms with Crippen molar-refractivity contribution in [1.29, 1.82) is 0 Å². The van der Waals surface area contributed by atoms with Crippen molar-refractivity contribution < 1.29 is 9.53 Å². The Morgan fingerprint density at radius 3 is 2.81 bits per heavy atom. The van der Waals surface area contributed by atoms with Crippen LogP contribution in [0.5, 0.6) is 0 Å². The molecule has 1 saturated carbocycles. The highest BCUT2D eigenvalue weighted by molar-refractivity contribution is 5.92. The summed E-state index contributed by atoms with van der Waals surface area (Å²) in [4.78, 5) is 12.4. The normalized spacial score (nSPS) is 26.0. The zero-order valence-electron chi connectivity index (χ0n) is 13.5. The third-order valence-corrected chi connectivity index (χ3v) is 4.53. The molecule has 2 N–H and O–H groups in total. The standard InChI is InChI=1S/C16H27N3O2/c1-5-19-9-13(17)15(18-19)16(20)21-14-8-11(4)6-7-12(14)10(2)3/h9-12,14H,5-8,17H2,1-4H3. The average molecular weight is 293 g/mol. The summed E-state index contributed by atoms with van der Waals surface area (Å²) in [7, 11) is 0. The van der Waals surface area contributed by atoms with Gasteiger partial charge >= 0.3 is 5.97 Å². The molecular weight excluding hydrogens is 266 g/mol. The molecule has 5 nitrogen and oxygen atoms in total. The number of carbonyl (C=O) groups excluding carboxylic acids is 1. The number of hydrogen-bond acceptors (Lipinski definition) is 4. The molecule has 0 spiro atoms. The minimum absolute atomic E-state index is 0.0209. The minimum Gasteiger partial charge on any atom is -0.457 e. The van der Waals surface area contributed by atoms with Crippen LogP contribution in [0.1, 0.15) is 57.4 Å². The molecule has 0 bridgehead atoms. The number of aromatic nitrogens is 2. The van der Waals surface area contributed by atoms with Gasteiger partial charge in [0.2, 0.25) is 0 Å². The maximum Gasteiger partial charge on any atom is 0.361 e. The van der Waals surface area contributed by atoms with Gasteiger partial charge in [-0.2, -0.15) is 5.10 Å². The van der Waals surface area contributed by atoms with Crippen LogP contribution < -0.4 is 5.73 Å². The minimum atomic E-state index is -0.385. The Balaban J connectivity index is 2.10. The van der Waals surface area contributed by atoms with Gasteiger partial charge in [0.05, 0.1) is 5.69 Å². The Labute approximate surface area is 126 Å². The largest absolute Gasteiger partial charge is 0.457 e. The van der Waals surface area contributed by atoms with E-state index in [4.69, 9.17) is 10.5 Å². The quantitative estimate of drug-likeness (QED) is 0.866. The molecule has 1 aromatic heterocycles. The second kappa shape index (κ2) is 6.50. The summed E-state index contributed by atoms with van der Waals surface area (Å²) in [5, 5.41) is 4.20. The van der Waals surface area contributed by atoms with Gasteiger partial charge in [-0.3, -0.25) is 4.68 Å². The lowest BCUT2D eigenvalue weighted by molar-refractivity contribution is -0.0178. The molecule has 0 saturated heterocycles. The van der Waals surface area contributed by atoms with Crippen LogP contribution >= 0.6 is 0 Å². The highest BCUT2D eigenvalue weighted by Crippen LogP contribution is 2.35. The lowest BCUT2D eigenvalue weighted by atomic mass is 9.75. The van der Waals surface area contributed by atoms with E-state index in [1.54, 1.807) is 10.9 Å². The van der Waals surface area contributed by atoms with Crippen molar-refractivity contribution in [3.63, 3.8) is 0 Å². The highest BCUT2D eigenvalue weighted by atomic mass is 16.5. The molecule has 1 fully saturated rings. The van der Waals surface area contributed by atoms with E-state index in [0.29, 0.717) is 30.0 Å². The number of esters is 1. The SMILES string of the molecule is CCn1cc(N)c(C(=O)OC2CC(C)CCC2C(C)C)n1. The van der Waals surface area contributed by atoms with E-state index >= 15 is 0 Å². The van der Waals surface area contributed by atoms with E-state index in [1.165, 1.54) is 6.42 Å². The molecule has 5 heteroatoms. The molecule has 3 unspecified atom stereocenters. The van der Waals surface area contributed by atoms with E-state index in [1.807, 2.05) is 6.92 Å². The van der Waals surface area contributed by atoms with E-state index in [9.17, 15) is 4.79 Å². The third-order valence-electron chi connectivity index (χ3n) is 4.53. The molecule has 0 aliphatic heterocycles. The molecule has 1 aliphatic carbocycles. The van der Waals surface area contributed by atoms with Gasteiger partial charge < -0.3 is 10.5 Å². The highest BCUT2D eigenvalue weighted by Gasteiger charge is 2.34. The van der Waals surface area contributed by atoms with Crippen molar-refractivity contribution in [2.45, 2.75) is 59.6 Å². The van der Waals surface area contributed by atoms with Crippen molar-refractivity contribution in [2.75, 3.05) is 5.73 Å². The predicted octanol–water partition coefficient (Wildman–Crippen LogP) is 3.10. The predicted molar refractivity (Wildman–Crippen MR) is 82.9 cm³/mol. The molecule has 0 radical (unpaired) electrons. The van der Waals surface area contributed by atoms with Gasteiger partial charge in [0.15, 0.2) is 5.69 Å². The first kappa shape index (κ1) is 15.9. The summed E-state index contributed by atoms with van der Waals surface area (Å²) >= 11 is 0. The molecular formula is C16H27N3O2. The molecule has 0 amide bonds. The average Bonchev–Trinajstić information content (AvgIpc) is 2.80. The molecule has 1 heterocycles. The molecule has 1 aliphatic rings. The Kier molecular flexibility index (Phi) is 4.91. The fraction of sp³-hybridized carbons (Fsp3) is 0.750. The molecule has 2 rings (SSSR count). The van der Waals surface area contributed by atoms with Crippen LogP contribution in [-0.4, -0.2) is 21.9 Å². The number of carbonyl (C=O) groups is 1. The van der Waals surface area contributed by atoms with Crippen LogP contribution in [0.25, 0.3) is 0 Å². The van der Waals surface area contributed by atoms with Crippen LogP contribution in [-0.2, 0) is 11.3 Å². The van der Waals surface area contributed by atoms with Crippen molar-refractivity contribution in [3.8, 4) is 0 Å². The summed E-state index contributed by atoms with van der Waals surface area (Å²) in [5.41, 5.74) is 6.50. The Morgan fingerprint density at radius 2 is 2.24 bits per heavy atom. The Bertz CT molecular complexity index is 496. The molecule has 21 heavy (non-hydrogen) atoms. The summed E-state index contributed by atoms with van der Waals surface area (Å²) in [6.45, 7) is 9.26. The maximum absolute atomic E-state index is 12.4. The topological polar surface area (TPSA) is 70.1 Å². The van der Waals surface area contributed by atoms with Crippen molar-refractivity contribution in [1.82, 2.24) is 9.78 Å². The first-order chi connectivity index (χ1) is 9.92. The second-order valence-corrected chi connectivity index (χ2v) is 6.56. The van der Waals surface area contributed by atoms with Gasteiger partial charge in [0.25, 0.3) is 0 Å². The van der Waals surface area contributed by atoms with Crippen LogP contribution in [0, 0.1) is 17.8 Å². The van der Waals surface area contributed by atoms with Gasteiger partial charge in [-0.1, -0.05) is 27.2 Å². The lowest BCUT2D eigenvalue weighted by Gasteiger charge is -2.36. The van der Waals surface area contributed by atoms with Gasteiger partial charge in [-0.15, -0.1) is 0 Å². The molecule has 3 atom stereocenters. The number of nitrogens with zero attached hydrogens (tertiary/aromatic N) is 2. The first-order valence-electron chi connectivity index (χ1n) is 7.96. The van der Waals surface area contributed by atoms with E-state index in [2.05, 4.69) is 25.9 Å². The number of aryl methyl sites for hydroxylation is 1. The smallest absolute Gasteiger partial charge is 0.361 e. The van der Waals surface area contributed by atoms with Crippen LogP contribution in [0.2, 0.25) is 0 Å². The summed E-state index contributed by atoms with van der Waals surface area (Å²) < 4.78 is 7.43. The molecule has 118 valence electrons. The van der Waals surface area contributed by atoms with Crippen molar-refractivity contribution in [2.24, 2.45) is 17.8 Å². The number of nitrogen functional groups attached to an aromatic ring is 1. The van der Waals surface area contributed by atoms with E-state index in [-0.39, 0.29) is 17.8 Å². The Hall–Kier alpha value is -1.52. The van der Waals surface area contributed by atoms with Gasteiger partial charge in [0, 0.05) is 12.7 Å². The fourth-order valence-electron chi connectivity index (χ4n) is 3.20. The van der Waals surface area contributed by atoms with Gasteiger partial charge in [-0.05, 0) is 37.5 Å². The van der Waals surface area contributed by atoms with Crippen LogP contribution in [0.4, 0.5) is 5.69 Å². The Morgan fingerprint density at radius 1 is 1.52 bits per heavy atom. The number of anilines is 1. The second-order valence-electron chi connectivity index (χ2n) is 6.56. The van der Waals surface area contributed by atoms with Gasteiger partial charge in [0.1, 0.15) is 6.10 Å². The number of ether oxygens (including phenoxy) is 1. The van der Waals surface area contributed by atoms with Crippen LogP contribution in [0.3, 0.4) is 0 Å². The summed E-state index contributed by atoms with van der Waals surface area (Å²) in [6, 6.07) is 0. The van der Waals surface area contributed by atoms with E-state index in [0.717, 1.165) is 12.8 Å². The monoisotopic (exact) mass is 293 g/mol. The summed E-state index contributed by atoms with van der Waals surface area (Å²) in [6.07, 6.45) is 4.93. The zero-order valence-corrected chi connectivity index (χ0v) is 13.5. The van der Waals surface area contributed by atoms with Crippen molar-refractivity contribution in [3.05, 3.63) is 11.9 Å². The lowest BCUT2D eigenvalue weighted by Crippen LogP contribution is -2.36. The van der Waals surface area contributed by atoms with Crippen LogP contribution in [0.15, 0.2) is 6.20 Å². The summed E-state index contributed by atoms with van der Waals surface area (Å²) in [5.74, 6) is 1.16. The van der Waals surface area contributed by atoms with Crippen molar-refractivity contribution >= 4 is 11.7 Å². The fourth-order valence-corrected chi connectivity index (χ4v) is 3.20. The molecule has 1 aromatic rings. The zero-order chi connectivity index (χ0) is 15.6. The molecule has 0 aromatic carbocycles.